The van der Waals surface area contributed by atoms with E-state index in [1.165, 1.54) is 0 Å². The van der Waals surface area contributed by atoms with Crippen LogP contribution in [0, 0.1) is 0 Å². The van der Waals surface area contributed by atoms with Crippen LogP contribution in [0.4, 0.5) is 5.82 Å². The lowest BCUT2D eigenvalue weighted by atomic mass is 10.1. The van der Waals surface area contributed by atoms with Crippen molar-refractivity contribution in [3.63, 3.8) is 0 Å². The molecule has 0 amide bonds. The summed E-state index contributed by atoms with van der Waals surface area (Å²) in [4.78, 5) is 0. The Kier molecular flexibility index (Phi) is 1.73. The molecule has 0 unspecified atom stereocenters. The van der Waals surface area contributed by atoms with E-state index in [0.29, 0.717) is 5.82 Å². The molecule has 2 N–H and O–H groups in total. The van der Waals surface area contributed by atoms with E-state index in [2.05, 4.69) is 10.3 Å². The van der Waals surface area contributed by atoms with Crippen molar-refractivity contribution in [3.05, 3.63) is 30.5 Å². The fourth-order valence-electron chi connectivity index (χ4n) is 1.64. The first-order valence-corrected chi connectivity index (χ1v) is 4.88. The van der Waals surface area contributed by atoms with Crippen LogP contribution in [0.15, 0.2) is 35.0 Å². The number of rotatable bonds is 1. The number of aromatic nitrogens is 3. The minimum Gasteiger partial charge on any atom is -0.384 e. The highest BCUT2D eigenvalue weighted by Crippen LogP contribution is 2.24. The number of hydrogen-bond donors (Lipinski definition) is 1. The standard InChI is InChI=1S/C11H10N4O/c1-15-11(12)5-9(14-15)7-2-3-8-6-13-16-10(8)4-7/h2-6H,12H2,1H3. The van der Waals surface area contributed by atoms with Gasteiger partial charge in [-0.1, -0.05) is 11.2 Å². The van der Waals surface area contributed by atoms with Gasteiger partial charge in [-0.05, 0) is 12.1 Å². The summed E-state index contributed by atoms with van der Waals surface area (Å²) in [5, 5.41) is 9.01. The molecule has 1 aromatic carbocycles. The molecular weight excluding hydrogens is 204 g/mol. The Bertz CT molecular complexity index is 633. The summed E-state index contributed by atoms with van der Waals surface area (Å²) in [6.07, 6.45) is 1.69. The summed E-state index contributed by atoms with van der Waals surface area (Å²) < 4.78 is 6.74. The molecule has 0 saturated carbocycles. The molecule has 2 aromatic heterocycles. The van der Waals surface area contributed by atoms with Gasteiger partial charge in [0.25, 0.3) is 0 Å². The van der Waals surface area contributed by atoms with Crippen molar-refractivity contribution < 1.29 is 4.52 Å². The molecule has 3 rings (SSSR count). The minimum absolute atomic E-state index is 0.632. The van der Waals surface area contributed by atoms with Crippen molar-refractivity contribution in [2.24, 2.45) is 7.05 Å². The molecule has 0 aliphatic heterocycles. The molecule has 2 heterocycles. The van der Waals surface area contributed by atoms with Gasteiger partial charge in [-0.25, -0.2) is 0 Å². The lowest BCUT2D eigenvalue weighted by molar-refractivity contribution is 0.456. The van der Waals surface area contributed by atoms with Crippen LogP contribution in [0.5, 0.6) is 0 Å². The maximum atomic E-state index is 5.74. The number of nitrogens with two attached hydrogens (primary N) is 1. The molecule has 0 aliphatic rings. The first-order chi connectivity index (χ1) is 7.74. The predicted molar refractivity (Wildman–Crippen MR) is 60.6 cm³/mol. The van der Waals surface area contributed by atoms with E-state index in [4.69, 9.17) is 10.3 Å². The second-order valence-corrected chi connectivity index (χ2v) is 3.66. The zero-order valence-electron chi connectivity index (χ0n) is 8.71. The van der Waals surface area contributed by atoms with Crippen molar-refractivity contribution in [2.75, 3.05) is 5.73 Å². The van der Waals surface area contributed by atoms with Gasteiger partial charge in [0.05, 0.1) is 11.9 Å². The van der Waals surface area contributed by atoms with Crippen LogP contribution in [-0.4, -0.2) is 14.9 Å². The fraction of sp³-hybridized carbons (Fsp3) is 0.0909. The largest absolute Gasteiger partial charge is 0.384 e. The van der Waals surface area contributed by atoms with Crippen LogP contribution in [0.1, 0.15) is 0 Å². The van der Waals surface area contributed by atoms with Crippen LogP contribution >= 0.6 is 0 Å². The third-order valence-electron chi connectivity index (χ3n) is 2.57. The van der Waals surface area contributed by atoms with Gasteiger partial charge >= 0.3 is 0 Å². The van der Waals surface area contributed by atoms with Crippen molar-refractivity contribution in [2.45, 2.75) is 0 Å². The van der Waals surface area contributed by atoms with Crippen molar-refractivity contribution in [1.82, 2.24) is 14.9 Å². The minimum atomic E-state index is 0.632. The fourth-order valence-corrected chi connectivity index (χ4v) is 1.64. The molecule has 0 fully saturated rings. The molecular formula is C11H10N4O. The maximum Gasteiger partial charge on any atom is 0.167 e. The quantitative estimate of drug-likeness (QED) is 0.670. The van der Waals surface area contributed by atoms with E-state index in [1.807, 2.05) is 31.3 Å². The Hall–Kier alpha value is -2.30. The Morgan fingerprint density at radius 3 is 2.94 bits per heavy atom. The SMILES string of the molecule is Cn1nc(-c2ccc3cnoc3c2)cc1N. The molecule has 16 heavy (non-hydrogen) atoms. The molecule has 0 saturated heterocycles. The van der Waals surface area contributed by atoms with Crippen molar-refractivity contribution >= 4 is 16.8 Å². The van der Waals surface area contributed by atoms with E-state index in [1.54, 1.807) is 10.9 Å². The van der Waals surface area contributed by atoms with Gasteiger partial charge in [0.15, 0.2) is 5.58 Å². The number of nitrogens with zero attached hydrogens (tertiary/aromatic N) is 3. The van der Waals surface area contributed by atoms with Gasteiger partial charge in [0, 0.05) is 24.1 Å². The lowest BCUT2D eigenvalue weighted by Crippen LogP contribution is -1.96. The Morgan fingerprint density at radius 1 is 1.31 bits per heavy atom. The zero-order valence-corrected chi connectivity index (χ0v) is 8.71. The number of benzene rings is 1. The van der Waals surface area contributed by atoms with Gasteiger partial charge in [0.1, 0.15) is 5.82 Å². The van der Waals surface area contributed by atoms with E-state index < -0.39 is 0 Å². The number of aryl methyl sites for hydroxylation is 1. The lowest BCUT2D eigenvalue weighted by Gasteiger charge is -1.94. The first kappa shape index (κ1) is 8.96. The second kappa shape index (κ2) is 3.10. The van der Waals surface area contributed by atoms with Crippen molar-refractivity contribution in [3.8, 4) is 11.3 Å². The van der Waals surface area contributed by atoms with E-state index in [9.17, 15) is 0 Å². The Morgan fingerprint density at radius 2 is 2.19 bits per heavy atom. The normalized spacial score (nSPS) is 11.1. The van der Waals surface area contributed by atoms with Crippen LogP contribution < -0.4 is 5.73 Å². The molecule has 0 spiro atoms. The van der Waals surface area contributed by atoms with Crippen LogP contribution in [0.3, 0.4) is 0 Å². The monoisotopic (exact) mass is 214 g/mol. The summed E-state index contributed by atoms with van der Waals surface area (Å²) in [5.41, 5.74) is 8.29. The highest BCUT2D eigenvalue weighted by Gasteiger charge is 2.07. The molecule has 3 aromatic rings. The van der Waals surface area contributed by atoms with Gasteiger partial charge in [-0.3, -0.25) is 4.68 Å². The summed E-state index contributed by atoms with van der Waals surface area (Å²) in [6.45, 7) is 0. The van der Waals surface area contributed by atoms with Gasteiger partial charge in [0.2, 0.25) is 0 Å². The topological polar surface area (TPSA) is 69.9 Å². The van der Waals surface area contributed by atoms with E-state index >= 15 is 0 Å². The summed E-state index contributed by atoms with van der Waals surface area (Å²) in [7, 11) is 1.81. The molecule has 0 radical (unpaired) electrons. The molecule has 0 atom stereocenters. The highest BCUT2D eigenvalue weighted by molar-refractivity contribution is 5.81. The molecule has 5 nitrogen and oxygen atoms in total. The molecule has 0 aliphatic carbocycles. The van der Waals surface area contributed by atoms with Crippen molar-refractivity contribution in [1.29, 1.82) is 0 Å². The predicted octanol–water partition coefficient (Wildman–Crippen LogP) is 1.81. The third kappa shape index (κ3) is 1.25. The highest BCUT2D eigenvalue weighted by atomic mass is 16.5. The summed E-state index contributed by atoms with van der Waals surface area (Å²) in [5.74, 6) is 0.632. The maximum absolute atomic E-state index is 5.74. The summed E-state index contributed by atoms with van der Waals surface area (Å²) in [6, 6.07) is 7.66. The zero-order chi connectivity index (χ0) is 11.1. The first-order valence-electron chi connectivity index (χ1n) is 4.88. The summed E-state index contributed by atoms with van der Waals surface area (Å²) >= 11 is 0. The van der Waals surface area contributed by atoms with Crippen LogP contribution in [0.25, 0.3) is 22.2 Å². The average molecular weight is 214 g/mol. The smallest absolute Gasteiger partial charge is 0.167 e. The number of fused-ring (bicyclic) bond motifs is 1. The number of hydrogen-bond acceptors (Lipinski definition) is 4. The van der Waals surface area contributed by atoms with Gasteiger partial charge in [-0.15, -0.1) is 0 Å². The average Bonchev–Trinajstić information content (AvgIpc) is 2.85. The Labute approximate surface area is 91.4 Å². The second-order valence-electron chi connectivity index (χ2n) is 3.66. The third-order valence-corrected chi connectivity index (χ3v) is 2.57. The van der Waals surface area contributed by atoms with E-state index in [0.717, 1.165) is 22.2 Å². The molecule has 5 heteroatoms. The van der Waals surface area contributed by atoms with Gasteiger partial charge in [-0.2, -0.15) is 5.10 Å². The Balaban J connectivity index is 2.17. The van der Waals surface area contributed by atoms with Crippen LogP contribution in [0.2, 0.25) is 0 Å². The van der Waals surface area contributed by atoms with E-state index in [-0.39, 0.29) is 0 Å². The molecule has 80 valence electrons. The molecule has 0 bridgehead atoms. The number of nitrogen functional groups attached to an aromatic ring is 1. The number of anilines is 1. The van der Waals surface area contributed by atoms with Gasteiger partial charge < -0.3 is 10.3 Å². The van der Waals surface area contributed by atoms with Crippen LogP contribution in [-0.2, 0) is 7.05 Å².